The van der Waals surface area contributed by atoms with Gasteiger partial charge < -0.3 is 9.47 Å². The first-order valence-electron chi connectivity index (χ1n) is 5.09. The normalized spacial score (nSPS) is 10.1. The molecule has 0 N–H and O–H groups in total. The van der Waals surface area contributed by atoms with Gasteiger partial charge in [-0.3, -0.25) is 14.8 Å². The molecule has 1 aromatic heterocycles. The summed E-state index contributed by atoms with van der Waals surface area (Å²) in [6.07, 6.45) is 3.24. The van der Waals surface area contributed by atoms with Gasteiger partial charge >= 0.3 is 5.69 Å². The first-order valence-corrected chi connectivity index (χ1v) is 5.09. The van der Waals surface area contributed by atoms with E-state index in [9.17, 15) is 10.1 Å². The summed E-state index contributed by atoms with van der Waals surface area (Å²) in [7, 11) is 3.14. The van der Waals surface area contributed by atoms with Crippen LogP contribution in [0.15, 0.2) is 30.6 Å². The summed E-state index contributed by atoms with van der Waals surface area (Å²) >= 11 is 0. The number of nitrogens with zero attached hydrogens (tertiary/aromatic N) is 3. The summed E-state index contributed by atoms with van der Waals surface area (Å²) in [5, 5.41) is 14.7. The molecule has 0 fully saturated rings. The van der Waals surface area contributed by atoms with E-state index in [1.807, 2.05) is 0 Å². The average Bonchev–Trinajstić information content (AvgIpc) is 2.74. The molecule has 18 heavy (non-hydrogen) atoms. The van der Waals surface area contributed by atoms with E-state index in [1.165, 1.54) is 25.3 Å². The number of rotatable bonds is 4. The molecule has 7 heteroatoms. The lowest BCUT2D eigenvalue weighted by Gasteiger charge is -2.05. The van der Waals surface area contributed by atoms with Crippen LogP contribution in [0.5, 0.6) is 17.2 Å². The fraction of sp³-hybridized carbons (Fsp3) is 0.182. The molecule has 0 saturated heterocycles. The Bertz CT molecular complexity index is 579. The van der Waals surface area contributed by atoms with Crippen molar-refractivity contribution in [1.82, 2.24) is 9.78 Å². The fourth-order valence-corrected chi connectivity index (χ4v) is 1.46. The van der Waals surface area contributed by atoms with Gasteiger partial charge in [-0.05, 0) is 6.07 Å². The molecule has 0 atom stereocenters. The molecule has 2 aromatic rings. The van der Waals surface area contributed by atoms with Gasteiger partial charge in [0.1, 0.15) is 5.75 Å². The van der Waals surface area contributed by atoms with Gasteiger partial charge in [0.2, 0.25) is 5.75 Å². The van der Waals surface area contributed by atoms with E-state index in [2.05, 4.69) is 5.10 Å². The molecule has 0 aliphatic heterocycles. The molecule has 0 aliphatic carbocycles. The highest BCUT2D eigenvalue weighted by Gasteiger charge is 2.15. The SMILES string of the molecule is COc1cc(Oc2cnn(C)c2)ccc1[N+](=O)[O-]. The minimum Gasteiger partial charge on any atom is -0.490 e. The molecule has 94 valence electrons. The summed E-state index contributed by atoms with van der Waals surface area (Å²) in [6, 6.07) is 4.31. The van der Waals surface area contributed by atoms with Gasteiger partial charge in [-0.1, -0.05) is 0 Å². The van der Waals surface area contributed by atoms with Crippen LogP contribution in [-0.2, 0) is 7.05 Å². The molecule has 0 spiro atoms. The van der Waals surface area contributed by atoms with Crippen LogP contribution in [0.3, 0.4) is 0 Å². The van der Waals surface area contributed by atoms with Crippen molar-refractivity contribution in [2.75, 3.05) is 7.11 Å². The van der Waals surface area contributed by atoms with Gasteiger partial charge in [-0.25, -0.2) is 0 Å². The monoisotopic (exact) mass is 249 g/mol. The Labute approximate surface area is 103 Å². The summed E-state index contributed by atoms with van der Waals surface area (Å²) in [5.41, 5.74) is -0.101. The van der Waals surface area contributed by atoms with Gasteiger partial charge in [-0.15, -0.1) is 0 Å². The number of methoxy groups -OCH3 is 1. The lowest BCUT2D eigenvalue weighted by molar-refractivity contribution is -0.385. The van der Waals surface area contributed by atoms with Crippen molar-refractivity contribution in [3.8, 4) is 17.2 Å². The third-order valence-corrected chi connectivity index (χ3v) is 2.26. The van der Waals surface area contributed by atoms with Crippen molar-refractivity contribution >= 4 is 5.69 Å². The molecular formula is C11H11N3O4. The zero-order valence-corrected chi connectivity index (χ0v) is 9.86. The zero-order valence-electron chi connectivity index (χ0n) is 9.86. The quantitative estimate of drug-likeness (QED) is 0.612. The number of hydrogen-bond donors (Lipinski definition) is 0. The number of nitro groups is 1. The minimum atomic E-state index is -0.507. The van der Waals surface area contributed by atoms with Crippen LogP contribution in [0, 0.1) is 10.1 Å². The fourth-order valence-electron chi connectivity index (χ4n) is 1.46. The maximum atomic E-state index is 10.7. The van der Waals surface area contributed by atoms with Crippen molar-refractivity contribution in [1.29, 1.82) is 0 Å². The van der Waals surface area contributed by atoms with E-state index in [0.29, 0.717) is 11.5 Å². The van der Waals surface area contributed by atoms with Crippen molar-refractivity contribution in [2.24, 2.45) is 7.05 Å². The Kier molecular flexibility index (Phi) is 3.13. The highest BCUT2D eigenvalue weighted by molar-refractivity contribution is 5.51. The number of hydrogen-bond acceptors (Lipinski definition) is 5. The predicted octanol–water partition coefficient (Wildman–Crippen LogP) is 2.13. The van der Waals surface area contributed by atoms with E-state index < -0.39 is 4.92 Å². The molecule has 0 radical (unpaired) electrons. The lowest BCUT2D eigenvalue weighted by atomic mass is 10.3. The van der Waals surface area contributed by atoms with Crippen LogP contribution in [0.25, 0.3) is 0 Å². The van der Waals surface area contributed by atoms with Crippen LogP contribution >= 0.6 is 0 Å². The van der Waals surface area contributed by atoms with Crippen molar-refractivity contribution in [3.05, 3.63) is 40.7 Å². The van der Waals surface area contributed by atoms with Crippen molar-refractivity contribution in [2.45, 2.75) is 0 Å². The van der Waals surface area contributed by atoms with Gasteiger partial charge in [0.15, 0.2) is 5.75 Å². The number of nitro benzene ring substituents is 1. The second-order valence-electron chi connectivity index (χ2n) is 3.54. The average molecular weight is 249 g/mol. The minimum absolute atomic E-state index is 0.101. The first kappa shape index (κ1) is 11.9. The third-order valence-electron chi connectivity index (χ3n) is 2.26. The molecule has 2 rings (SSSR count). The molecule has 1 heterocycles. The maximum Gasteiger partial charge on any atom is 0.311 e. The number of ether oxygens (including phenoxy) is 2. The summed E-state index contributed by atoms with van der Waals surface area (Å²) in [5.74, 6) is 1.15. The first-order chi connectivity index (χ1) is 8.60. The van der Waals surface area contributed by atoms with Gasteiger partial charge in [0, 0.05) is 19.2 Å². The van der Waals surface area contributed by atoms with Crippen LogP contribution in [-0.4, -0.2) is 21.8 Å². The van der Waals surface area contributed by atoms with Crippen LogP contribution in [0.1, 0.15) is 0 Å². The molecule has 0 saturated carbocycles. The van der Waals surface area contributed by atoms with Gasteiger partial charge in [0.05, 0.1) is 24.4 Å². The predicted molar refractivity (Wildman–Crippen MR) is 62.9 cm³/mol. The topological polar surface area (TPSA) is 79.4 Å². The Morgan fingerprint density at radius 3 is 2.72 bits per heavy atom. The Morgan fingerprint density at radius 1 is 1.39 bits per heavy atom. The van der Waals surface area contributed by atoms with E-state index in [0.717, 1.165) is 0 Å². The molecule has 1 aromatic carbocycles. The Morgan fingerprint density at radius 2 is 2.17 bits per heavy atom. The summed E-state index contributed by atoms with van der Waals surface area (Å²) in [6.45, 7) is 0. The Hall–Kier alpha value is -2.57. The third kappa shape index (κ3) is 2.40. The highest BCUT2D eigenvalue weighted by Crippen LogP contribution is 2.32. The smallest absolute Gasteiger partial charge is 0.311 e. The van der Waals surface area contributed by atoms with E-state index >= 15 is 0 Å². The highest BCUT2D eigenvalue weighted by atomic mass is 16.6. The van der Waals surface area contributed by atoms with E-state index in [-0.39, 0.29) is 11.4 Å². The maximum absolute atomic E-state index is 10.7. The van der Waals surface area contributed by atoms with E-state index in [4.69, 9.17) is 9.47 Å². The zero-order chi connectivity index (χ0) is 13.1. The Balaban J connectivity index is 2.27. The van der Waals surface area contributed by atoms with Gasteiger partial charge in [-0.2, -0.15) is 5.10 Å². The lowest BCUT2D eigenvalue weighted by Crippen LogP contribution is -1.94. The van der Waals surface area contributed by atoms with Crippen molar-refractivity contribution in [3.63, 3.8) is 0 Å². The van der Waals surface area contributed by atoms with Gasteiger partial charge in [0.25, 0.3) is 0 Å². The molecule has 7 nitrogen and oxygen atoms in total. The second-order valence-corrected chi connectivity index (χ2v) is 3.54. The van der Waals surface area contributed by atoms with Crippen molar-refractivity contribution < 1.29 is 14.4 Å². The largest absolute Gasteiger partial charge is 0.490 e. The van der Waals surface area contributed by atoms with Crippen LogP contribution in [0.2, 0.25) is 0 Å². The standard InChI is InChI=1S/C11H11N3O4/c1-13-7-9(6-12-13)18-8-3-4-10(14(15)16)11(5-8)17-2/h3-7H,1-2H3. The molecular weight excluding hydrogens is 238 g/mol. The molecule has 0 unspecified atom stereocenters. The molecule has 0 amide bonds. The molecule has 0 bridgehead atoms. The summed E-state index contributed by atoms with van der Waals surface area (Å²) < 4.78 is 12.0. The second kappa shape index (κ2) is 4.74. The van der Waals surface area contributed by atoms with E-state index in [1.54, 1.807) is 24.1 Å². The summed E-state index contributed by atoms with van der Waals surface area (Å²) in [4.78, 5) is 10.2. The number of benzene rings is 1. The number of aromatic nitrogens is 2. The number of aryl methyl sites for hydroxylation is 1. The van der Waals surface area contributed by atoms with Crippen LogP contribution in [0.4, 0.5) is 5.69 Å². The van der Waals surface area contributed by atoms with Crippen LogP contribution < -0.4 is 9.47 Å². The molecule has 0 aliphatic rings.